The van der Waals surface area contributed by atoms with Gasteiger partial charge >= 0.3 is 11.9 Å². The summed E-state index contributed by atoms with van der Waals surface area (Å²) in [5.74, 6) is -0.541. The number of allylic oxidation sites excluding steroid dienone is 3. The monoisotopic (exact) mass is 617 g/mol. The predicted octanol–water partition coefficient (Wildman–Crippen LogP) is 2.77. The van der Waals surface area contributed by atoms with Gasteiger partial charge in [-0.25, -0.2) is 4.79 Å². The van der Waals surface area contributed by atoms with E-state index in [9.17, 15) is 24.4 Å². The van der Waals surface area contributed by atoms with E-state index in [4.69, 9.17) is 23.7 Å². The lowest BCUT2D eigenvalue weighted by Crippen LogP contribution is -2.72. The van der Waals surface area contributed by atoms with Gasteiger partial charge in [0.2, 0.25) is 12.6 Å². The van der Waals surface area contributed by atoms with Gasteiger partial charge in [0.1, 0.15) is 18.4 Å². The molecule has 5 atom stereocenters. The minimum absolute atomic E-state index is 0.00268. The lowest BCUT2D eigenvalue weighted by atomic mass is 9.69. The number of Topliss-reactive ketones (excluding diaryl/α,β-unsaturated/α-hetero) is 2. The number of rotatable bonds is 5. The highest BCUT2D eigenvalue weighted by molar-refractivity contribution is 6.25. The van der Waals surface area contributed by atoms with Gasteiger partial charge in [-0.3, -0.25) is 24.2 Å². The van der Waals surface area contributed by atoms with Crippen LogP contribution in [0.2, 0.25) is 0 Å². The van der Waals surface area contributed by atoms with Gasteiger partial charge < -0.3 is 23.7 Å². The first kappa shape index (κ1) is 30.6. The van der Waals surface area contributed by atoms with Crippen molar-refractivity contribution in [1.82, 2.24) is 9.80 Å². The number of ether oxygens (including phenoxy) is 5. The quantitative estimate of drug-likeness (QED) is 0.207. The maximum Gasteiger partial charge on any atom is 0.333 e. The molecular formula is C33H35N3O9. The molecule has 236 valence electrons. The molecule has 5 aliphatic rings. The Labute approximate surface area is 260 Å². The van der Waals surface area contributed by atoms with Crippen molar-refractivity contribution in [3.05, 3.63) is 50.8 Å². The van der Waals surface area contributed by atoms with Crippen LogP contribution in [0, 0.1) is 18.3 Å². The summed E-state index contributed by atoms with van der Waals surface area (Å²) in [6.45, 7) is 7.82. The van der Waals surface area contributed by atoms with Crippen LogP contribution in [0.3, 0.4) is 0 Å². The van der Waals surface area contributed by atoms with Crippen LogP contribution in [0.1, 0.15) is 56.8 Å². The lowest BCUT2D eigenvalue weighted by Gasteiger charge is -2.60. The SMILES string of the molecule is C/C=C(/C)C(=O)OC[C@H]1c2c(c(OC(C)=O)c(C)c3c2OCO3)C[C@H]2[C@H]3C4=C(C[C@@H]([C@H](C#N)N12)N3C)C(=O)C(C)=C(OC)C4=O. The molecule has 2 bridgehead atoms. The zero-order valence-corrected chi connectivity index (χ0v) is 26.3. The number of carbonyl (C=O) groups is 4. The molecule has 0 aromatic heterocycles. The molecule has 0 N–H and O–H groups in total. The number of hydrogen-bond donors (Lipinski definition) is 0. The van der Waals surface area contributed by atoms with E-state index in [1.54, 1.807) is 33.8 Å². The van der Waals surface area contributed by atoms with E-state index < -0.39 is 42.1 Å². The van der Waals surface area contributed by atoms with E-state index >= 15 is 0 Å². The van der Waals surface area contributed by atoms with Crippen LogP contribution in [-0.4, -0.2) is 85.0 Å². The molecule has 1 fully saturated rings. The van der Waals surface area contributed by atoms with Gasteiger partial charge in [-0.05, 0) is 47.6 Å². The van der Waals surface area contributed by atoms with Crippen molar-refractivity contribution in [3.63, 3.8) is 0 Å². The van der Waals surface area contributed by atoms with Gasteiger partial charge in [0, 0.05) is 58.0 Å². The summed E-state index contributed by atoms with van der Waals surface area (Å²) in [5, 5.41) is 10.7. The Hall–Kier alpha value is -4.47. The fourth-order valence-corrected chi connectivity index (χ4v) is 7.66. The topological polar surface area (TPSA) is 145 Å². The third-order valence-corrected chi connectivity index (χ3v) is 9.79. The minimum Gasteiger partial charge on any atom is -0.492 e. The van der Waals surface area contributed by atoms with Crippen molar-refractivity contribution < 1.29 is 42.9 Å². The van der Waals surface area contributed by atoms with E-state index in [0.29, 0.717) is 50.7 Å². The molecule has 12 heteroatoms. The van der Waals surface area contributed by atoms with Gasteiger partial charge in [0.25, 0.3) is 0 Å². The number of benzene rings is 1. The van der Waals surface area contributed by atoms with Gasteiger partial charge in [-0.15, -0.1) is 0 Å². The van der Waals surface area contributed by atoms with Crippen molar-refractivity contribution in [2.75, 3.05) is 27.6 Å². The summed E-state index contributed by atoms with van der Waals surface area (Å²) < 4.78 is 28.9. The zero-order chi connectivity index (χ0) is 32.5. The summed E-state index contributed by atoms with van der Waals surface area (Å²) in [4.78, 5) is 57.0. The lowest BCUT2D eigenvalue weighted by molar-refractivity contribution is -0.144. The molecule has 1 aliphatic carbocycles. The number of nitriles is 1. The summed E-state index contributed by atoms with van der Waals surface area (Å²) in [6.07, 6.45) is 2.07. The number of hydrogen-bond acceptors (Lipinski definition) is 12. The maximum absolute atomic E-state index is 14.0. The molecule has 1 aromatic rings. The van der Waals surface area contributed by atoms with Gasteiger partial charge in [0.05, 0.1) is 25.3 Å². The van der Waals surface area contributed by atoms with Crippen molar-refractivity contribution in [2.24, 2.45) is 0 Å². The Kier molecular flexibility index (Phi) is 7.57. The molecule has 12 nitrogen and oxygen atoms in total. The van der Waals surface area contributed by atoms with E-state index in [0.717, 1.165) is 0 Å². The maximum atomic E-state index is 14.0. The first-order chi connectivity index (χ1) is 21.5. The number of methoxy groups -OCH3 is 1. The van der Waals surface area contributed by atoms with Crippen molar-refractivity contribution in [3.8, 4) is 23.3 Å². The molecule has 1 aromatic carbocycles. The molecule has 0 spiro atoms. The summed E-state index contributed by atoms with van der Waals surface area (Å²) in [6, 6.07) is -0.685. The first-order valence-corrected chi connectivity index (χ1v) is 14.9. The van der Waals surface area contributed by atoms with Gasteiger partial charge in [-0.1, -0.05) is 6.08 Å². The number of likely N-dealkylation sites (N-methyl/N-ethyl adjacent to an activating group) is 1. The Morgan fingerprint density at radius 2 is 1.80 bits per heavy atom. The van der Waals surface area contributed by atoms with E-state index in [1.807, 2.05) is 16.8 Å². The second kappa shape index (κ2) is 11.2. The standard InChI is InChI=1S/C33H35N3O9/c1-8-14(2)33(40)42-12-23-24-19(29(45-17(5)37)16(4)31-32(24)44-13-43-31)10-21-26-25-18(27(38)15(3)30(41-7)28(25)39)9-20(35(26)6)22(11-34)36(21)23/h8,20-23,26H,9-10,12-13H2,1-7H3/b14-8-/t20-,21-,22-,23-,26-/m0/s1. The normalized spacial score (nSPS) is 27.4. The van der Waals surface area contributed by atoms with Crippen molar-refractivity contribution >= 4 is 23.5 Å². The second-order valence-electron chi connectivity index (χ2n) is 12.0. The average molecular weight is 618 g/mol. The number of piperazine rings is 1. The third-order valence-electron chi connectivity index (χ3n) is 9.79. The predicted molar refractivity (Wildman–Crippen MR) is 157 cm³/mol. The van der Waals surface area contributed by atoms with Crippen LogP contribution in [0.15, 0.2) is 34.1 Å². The number of nitrogens with zero attached hydrogens (tertiary/aromatic N) is 3. The molecule has 0 amide bonds. The van der Waals surface area contributed by atoms with Crippen LogP contribution < -0.4 is 14.2 Å². The molecule has 0 unspecified atom stereocenters. The van der Waals surface area contributed by atoms with Crippen molar-refractivity contribution in [2.45, 2.75) is 77.7 Å². The molecule has 0 radical (unpaired) electrons. The molecular weight excluding hydrogens is 582 g/mol. The van der Waals surface area contributed by atoms with Crippen LogP contribution in [0.4, 0.5) is 0 Å². The van der Waals surface area contributed by atoms with E-state index in [1.165, 1.54) is 14.0 Å². The molecule has 0 saturated carbocycles. The van der Waals surface area contributed by atoms with Crippen LogP contribution in [0.5, 0.6) is 17.2 Å². The molecule has 4 aliphatic heterocycles. The molecule has 1 saturated heterocycles. The zero-order valence-electron chi connectivity index (χ0n) is 26.3. The fourth-order valence-electron chi connectivity index (χ4n) is 7.66. The highest BCUT2D eigenvalue weighted by Crippen LogP contribution is 2.56. The third kappa shape index (κ3) is 4.40. The van der Waals surface area contributed by atoms with Gasteiger partial charge in [-0.2, -0.15) is 5.26 Å². The summed E-state index contributed by atoms with van der Waals surface area (Å²) in [7, 11) is 3.22. The Bertz CT molecular complexity index is 1700. The molecule has 6 rings (SSSR count). The van der Waals surface area contributed by atoms with E-state index in [-0.39, 0.29) is 49.1 Å². The second-order valence-corrected chi connectivity index (χ2v) is 12.0. The largest absolute Gasteiger partial charge is 0.492 e. The Balaban J connectivity index is 1.59. The number of carbonyl (C=O) groups excluding carboxylic acids is 4. The summed E-state index contributed by atoms with van der Waals surface area (Å²) in [5.41, 5.74) is 3.18. The molecule has 4 heterocycles. The fraction of sp³-hybridized carbons (Fsp3) is 0.485. The first-order valence-electron chi connectivity index (χ1n) is 14.9. The van der Waals surface area contributed by atoms with E-state index in [2.05, 4.69) is 6.07 Å². The highest BCUT2D eigenvalue weighted by atomic mass is 16.7. The van der Waals surface area contributed by atoms with Crippen LogP contribution in [-0.2, 0) is 35.1 Å². The van der Waals surface area contributed by atoms with Crippen molar-refractivity contribution in [1.29, 1.82) is 5.26 Å². The van der Waals surface area contributed by atoms with Crippen LogP contribution >= 0.6 is 0 Å². The number of ketones is 2. The Morgan fingerprint density at radius 3 is 2.44 bits per heavy atom. The number of esters is 2. The Morgan fingerprint density at radius 1 is 1.09 bits per heavy atom. The average Bonchev–Trinajstić information content (AvgIpc) is 3.50. The van der Waals surface area contributed by atoms with Crippen LogP contribution in [0.25, 0.3) is 0 Å². The smallest absolute Gasteiger partial charge is 0.333 e. The number of fused-ring (bicyclic) bond motifs is 8. The molecule has 45 heavy (non-hydrogen) atoms. The highest BCUT2D eigenvalue weighted by Gasteiger charge is 2.59. The van der Waals surface area contributed by atoms with Gasteiger partial charge in [0.15, 0.2) is 23.0 Å². The minimum atomic E-state index is -0.766. The summed E-state index contributed by atoms with van der Waals surface area (Å²) >= 11 is 0.